The Balaban J connectivity index is 1.51. The zero-order valence-electron chi connectivity index (χ0n) is 17.3. The van der Waals surface area contributed by atoms with Gasteiger partial charge in [-0.3, -0.25) is 9.59 Å². The highest BCUT2D eigenvalue weighted by molar-refractivity contribution is 9.10. The number of hydrogen-bond acceptors (Lipinski definition) is 3. The molecule has 4 nitrogen and oxygen atoms in total. The van der Waals surface area contributed by atoms with Gasteiger partial charge >= 0.3 is 0 Å². The molecule has 0 radical (unpaired) electrons. The maximum absolute atomic E-state index is 13.5. The molecule has 4 aromatic rings. The van der Waals surface area contributed by atoms with Gasteiger partial charge in [0, 0.05) is 20.4 Å². The van der Waals surface area contributed by atoms with E-state index in [2.05, 4.69) is 26.6 Å². The number of benzene rings is 3. The van der Waals surface area contributed by atoms with Gasteiger partial charge in [0.15, 0.2) is 0 Å². The van der Waals surface area contributed by atoms with Gasteiger partial charge in [0.2, 0.25) is 0 Å². The summed E-state index contributed by atoms with van der Waals surface area (Å²) in [6.45, 7) is 0. The SMILES string of the molecule is O=C(Nc1sc2c(c1C(=O)Nc1cccc3ccccc13)CCCC2)c1ccccc1Br. The Kier molecular flexibility index (Phi) is 5.81. The second kappa shape index (κ2) is 8.88. The van der Waals surface area contributed by atoms with E-state index in [1.165, 1.54) is 16.2 Å². The average Bonchev–Trinajstić information content (AvgIpc) is 3.17. The van der Waals surface area contributed by atoms with Crippen LogP contribution >= 0.6 is 27.3 Å². The minimum Gasteiger partial charge on any atom is -0.321 e. The van der Waals surface area contributed by atoms with Crippen molar-refractivity contribution in [2.45, 2.75) is 25.7 Å². The van der Waals surface area contributed by atoms with Gasteiger partial charge in [0.1, 0.15) is 5.00 Å². The summed E-state index contributed by atoms with van der Waals surface area (Å²) < 4.78 is 0.723. The largest absolute Gasteiger partial charge is 0.321 e. The van der Waals surface area contributed by atoms with Crippen LogP contribution in [0.2, 0.25) is 0 Å². The van der Waals surface area contributed by atoms with Crippen LogP contribution in [0.1, 0.15) is 44.0 Å². The molecule has 6 heteroatoms. The maximum atomic E-state index is 13.5. The molecule has 0 fully saturated rings. The van der Waals surface area contributed by atoms with Crippen LogP contribution in [-0.2, 0) is 12.8 Å². The third-order valence-electron chi connectivity index (χ3n) is 5.78. The number of carbonyl (C=O) groups is 2. The van der Waals surface area contributed by atoms with E-state index in [1.54, 1.807) is 6.07 Å². The van der Waals surface area contributed by atoms with Crippen molar-refractivity contribution in [3.05, 3.63) is 92.8 Å². The van der Waals surface area contributed by atoms with Crippen molar-refractivity contribution >= 4 is 60.5 Å². The molecule has 1 heterocycles. The van der Waals surface area contributed by atoms with E-state index in [-0.39, 0.29) is 11.8 Å². The van der Waals surface area contributed by atoms with Gasteiger partial charge in [-0.15, -0.1) is 11.3 Å². The highest BCUT2D eigenvalue weighted by Gasteiger charge is 2.27. The molecule has 160 valence electrons. The van der Waals surface area contributed by atoms with Crippen molar-refractivity contribution in [2.75, 3.05) is 10.6 Å². The van der Waals surface area contributed by atoms with E-state index in [0.29, 0.717) is 16.1 Å². The normalized spacial score (nSPS) is 12.9. The molecule has 1 aromatic heterocycles. The number of aryl methyl sites for hydroxylation is 1. The summed E-state index contributed by atoms with van der Waals surface area (Å²) in [7, 11) is 0. The number of nitrogens with one attached hydrogen (secondary N) is 2. The predicted octanol–water partition coefficient (Wildman–Crippen LogP) is 7.05. The summed E-state index contributed by atoms with van der Waals surface area (Å²) >= 11 is 4.97. The Morgan fingerprint density at radius 3 is 2.44 bits per heavy atom. The van der Waals surface area contributed by atoms with Crippen LogP contribution in [-0.4, -0.2) is 11.8 Å². The summed E-state index contributed by atoms with van der Waals surface area (Å²) in [6, 6.07) is 21.2. The zero-order valence-corrected chi connectivity index (χ0v) is 19.7. The molecular weight excluding hydrogens is 484 g/mol. The molecule has 32 heavy (non-hydrogen) atoms. The van der Waals surface area contributed by atoms with Gasteiger partial charge in [-0.2, -0.15) is 0 Å². The Labute approximate surface area is 198 Å². The van der Waals surface area contributed by atoms with Gasteiger partial charge in [-0.1, -0.05) is 48.5 Å². The first-order chi connectivity index (χ1) is 15.6. The standard InChI is InChI=1S/C26H21BrN2O2S/c27-20-13-5-3-11-18(20)24(30)29-26-23(19-12-4-6-15-22(19)32-26)25(31)28-21-14-7-9-16-8-1-2-10-17(16)21/h1-3,5,7-11,13-14H,4,6,12,15H2,(H,28,31)(H,29,30). The molecule has 0 saturated heterocycles. The number of hydrogen-bond donors (Lipinski definition) is 2. The molecule has 2 amide bonds. The molecule has 0 atom stereocenters. The van der Waals surface area contributed by atoms with Crippen molar-refractivity contribution in [2.24, 2.45) is 0 Å². The summed E-state index contributed by atoms with van der Waals surface area (Å²) in [4.78, 5) is 27.7. The third-order valence-corrected chi connectivity index (χ3v) is 7.68. The number of rotatable bonds is 4. The molecule has 1 aliphatic rings. The monoisotopic (exact) mass is 504 g/mol. The quantitative estimate of drug-likeness (QED) is 0.312. The molecule has 0 unspecified atom stereocenters. The minimum absolute atomic E-state index is 0.178. The van der Waals surface area contributed by atoms with Crippen LogP contribution in [0.5, 0.6) is 0 Å². The van der Waals surface area contributed by atoms with E-state index in [9.17, 15) is 9.59 Å². The predicted molar refractivity (Wildman–Crippen MR) is 135 cm³/mol. The van der Waals surface area contributed by atoms with Crippen LogP contribution in [0.15, 0.2) is 71.2 Å². The second-order valence-electron chi connectivity index (χ2n) is 7.83. The molecule has 0 bridgehead atoms. The van der Waals surface area contributed by atoms with E-state index in [1.807, 2.05) is 60.7 Å². The molecule has 0 aliphatic heterocycles. The van der Waals surface area contributed by atoms with Gasteiger partial charge in [-0.05, 0) is 70.8 Å². The molecule has 0 saturated carbocycles. The number of fused-ring (bicyclic) bond motifs is 2. The molecule has 5 rings (SSSR count). The van der Waals surface area contributed by atoms with Crippen molar-refractivity contribution in [3.8, 4) is 0 Å². The summed E-state index contributed by atoms with van der Waals surface area (Å²) in [6.07, 6.45) is 3.96. The Morgan fingerprint density at radius 2 is 1.56 bits per heavy atom. The summed E-state index contributed by atoms with van der Waals surface area (Å²) in [5.41, 5.74) is 2.98. The van der Waals surface area contributed by atoms with E-state index >= 15 is 0 Å². The molecule has 0 spiro atoms. The lowest BCUT2D eigenvalue weighted by Gasteiger charge is -2.14. The van der Waals surface area contributed by atoms with E-state index in [4.69, 9.17) is 0 Å². The highest BCUT2D eigenvalue weighted by Crippen LogP contribution is 2.39. The van der Waals surface area contributed by atoms with Gasteiger partial charge < -0.3 is 10.6 Å². The molecule has 1 aliphatic carbocycles. The Bertz CT molecular complexity index is 1340. The van der Waals surface area contributed by atoms with Crippen LogP contribution in [0.25, 0.3) is 10.8 Å². The number of anilines is 2. The molecular formula is C26H21BrN2O2S. The number of carbonyl (C=O) groups excluding carboxylic acids is 2. The van der Waals surface area contributed by atoms with Gasteiger partial charge in [0.25, 0.3) is 11.8 Å². The smallest absolute Gasteiger partial charge is 0.258 e. The average molecular weight is 505 g/mol. The number of amides is 2. The van der Waals surface area contributed by atoms with E-state index < -0.39 is 0 Å². The fraction of sp³-hybridized carbons (Fsp3) is 0.154. The van der Waals surface area contributed by atoms with Crippen LogP contribution < -0.4 is 10.6 Å². The first kappa shape index (κ1) is 20.9. The lowest BCUT2D eigenvalue weighted by Crippen LogP contribution is -2.19. The summed E-state index contributed by atoms with van der Waals surface area (Å²) in [5, 5.41) is 8.81. The fourth-order valence-corrected chi connectivity index (χ4v) is 5.98. The first-order valence-electron chi connectivity index (χ1n) is 10.6. The molecule has 3 aromatic carbocycles. The highest BCUT2D eigenvalue weighted by atomic mass is 79.9. The lowest BCUT2D eigenvalue weighted by atomic mass is 9.95. The Hall–Kier alpha value is -2.96. The fourth-order valence-electron chi connectivity index (χ4n) is 4.23. The van der Waals surface area contributed by atoms with Gasteiger partial charge in [0.05, 0.1) is 11.1 Å². The van der Waals surface area contributed by atoms with Crippen molar-refractivity contribution < 1.29 is 9.59 Å². The molecule has 2 N–H and O–H groups in total. The lowest BCUT2D eigenvalue weighted by molar-refractivity contribution is 0.102. The van der Waals surface area contributed by atoms with E-state index in [0.717, 1.165) is 52.2 Å². The summed E-state index contributed by atoms with van der Waals surface area (Å²) in [5.74, 6) is -0.404. The van der Waals surface area contributed by atoms with Crippen LogP contribution in [0, 0.1) is 0 Å². The minimum atomic E-state index is -0.227. The van der Waals surface area contributed by atoms with Crippen molar-refractivity contribution in [3.63, 3.8) is 0 Å². The third kappa shape index (κ3) is 3.96. The topological polar surface area (TPSA) is 58.2 Å². The Morgan fingerprint density at radius 1 is 0.812 bits per heavy atom. The number of halogens is 1. The van der Waals surface area contributed by atoms with Crippen molar-refractivity contribution in [1.29, 1.82) is 0 Å². The van der Waals surface area contributed by atoms with Crippen LogP contribution in [0.3, 0.4) is 0 Å². The maximum Gasteiger partial charge on any atom is 0.258 e. The first-order valence-corrected chi connectivity index (χ1v) is 12.2. The zero-order chi connectivity index (χ0) is 22.1. The second-order valence-corrected chi connectivity index (χ2v) is 9.79. The van der Waals surface area contributed by atoms with Crippen LogP contribution in [0.4, 0.5) is 10.7 Å². The number of thiophene rings is 1. The van der Waals surface area contributed by atoms with Gasteiger partial charge in [-0.25, -0.2) is 0 Å². The van der Waals surface area contributed by atoms with Crippen molar-refractivity contribution in [1.82, 2.24) is 0 Å².